The lowest BCUT2D eigenvalue weighted by Gasteiger charge is -2.13. The molecule has 7 nitrogen and oxygen atoms in total. The Kier molecular flexibility index (Phi) is 4.97. The summed E-state index contributed by atoms with van der Waals surface area (Å²) in [5.41, 5.74) is 1.83. The van der Waals surface area contributed by atoms with Crippen LogP contribution >= 0.6 is 0 Å². The van der Waals surface area contributed by atoms with Crippen molar-refractivity contribution >= 4 is 17.3 Å². The van der Waals surface area contributed by atoms with Gasteiger partial charge in [-0.25, -0.2) is 4.98 Å². The molecule has 0 spiro atoms. The molecule has 4 rings (SSSR count). The molecule has 3 heterocycles. The first-order chi connectivity index (χ1) is 13.7. The number of imidazole rings is 1. The zero-order chi connectivity index (χ0) is 19.5. The molecular weight excluding hydrogens is 356 g/mol. The Bertz CT molecular complexity index is 1000. The van der Waals surface area contributed by atoms with Gasteiger partial charge in [0.05, 0.1) is 12.6 Å². The van der Waals surface area contributed by atoms with Gasteiger partial charge in [0, 0.05) is 25.8 Å². The lowest BCUT2D eigenvalue weighted by atomic mass is 10.2. The molecule has 1 aromatic carbocycles. The van der Waals surface area contributed by atoms with Gasteiger partial charge in [0.25, 0.3) is 11.8 Å². The summed E-state index contributed by atoms with van der Waals surface area (Å²) in [6.07, 6.45) is 3.78. The van der Waals surface area contributed by atoms with Crippen LogP contribution in [0.3, 0.4) is 0 Å². The van der Waals surface area contributed by atoms with E-state index in [4.69, 9.17) is 4.74 Å². The topological polar surface area (TPSA) is 75.9 Å². The van der Waals surface area contributed by atoms with Gasteiger partial charge < -0.3 is 15.0 Å². The molecule has 3 aromatic rings. The first-order valence-electron chi connectivity index (χ1n) is 9.35. The van der Waals surface area contributed by atoms with Gasteiger partial charge in [0.1, 0.15) is 5.75 Å². The number of likely N-dealkylation sites (tertiary alicyclic amines) is 1. The van der Waals surface area contributed by atoms with Crippen molar-refractivity contribution in [2.24, 2.45) is 0 Å². The smallest absolute Gasteiger partial charge is 0.290 e. The van der Waals surface area contributed by atoms with E-state index in [0.29, 0.717) is 12.1 Å². The minimum Gasteiger partial charge on any atom is -0.497 e. The summed E-state index contributed by atoms with van der Waals surface area (Å²) in [5.74, 6) is 0.611. The van der Waals surface area contributed by atoms with Gasteiger partial charge in [-0.2, -0.15) is 0 Å². The van der Waals surface area contributed by atoms with E-state index < -0.39 is 0 Å². The molecule has 28 heavy (non-hydrogen) atoms. The molecule has 2 amide bonds. The lowest BCUT2D eigenvalue weighted by Crippen LogP contribution is -2.29. The molecule has 7 heteroatoms. The van der Waals surface area contributed by atoms with Crippen molar-refractivity contribution in [3.05, 3.63) is 65.7 Å². The molecule has 0 unspecified atom stereocenters. The van der Waals surface area contributed by atoms with Crippen LogP contribution in [-0.4, -0.2) is 46.3 Å². The Labute approximate surface area is 162 Å². The largest absolute Gasteiger partial charge is 0.497 e. The average Bonchev–Trinajstić information content (AvgIpc) is 3.40. The molecule has 1 saturated heterocycles. The SMILES string of the molecule is COc1ccc(CNC(=O)c2nc(C(=O)N3CCCC3)n3ccccc23)cc1. The van der Waals surface area contributed by atoms with Crippen LogP contribution in [-0.2, 0) is 6.54 Å². The highest BCUT2D eigenvalue weighted by Gasteiger charge is 2.26. The molecule has 0 atom stereocenters. The molecule has 0 bridgehead atoms. The number of fused-ring (bicyclic) bond motifs is 1. The Morgan fingerprint density at radius 3 is 2.57 bits per heavy atom. The van der Waals surface area contributed by atoms with Gasteiger partial charge in [0.2, 0.25) is 5.82 Å². The molecule has 0 aliphatic carbocycles. The molecular formula is C21H22N4O3. The zero-order valence-corrected chi connectivity index (χ0v) is 15.7. The number of amides is 2. The van der Waals surface area contributed by atoms with Crippen LogP contribution in [0.5, 0.6) is 5.75 Å². The van der Waals surface area contributed by atoms with Crippen LogP contribution in [0.2, 0.25) is 0 Å². The number of pyridine rings is 1. The maximum absolute atomic E-state index is 12.8. The molecule has 1 aliphatic rings. The Balaban J connectivity index is 1.57. The molecule has 1 aliphatic heterocycles. The van der Waals surface area contributed by atoms with Gasteiger partial charge in [-0.15, -0.1) is 0 Å². The van der Waals surface area contributed by atoms with E-state index in [0.717, 1.165) is 37.2 Å². The number of nitrogens with zero attached hydrogens (tertiary/aromatic N) is 3. The number of methoxy groups -OCH3 is 1. The van der Waals surface area contributed by atoms with Gasteiger partial charge in [-0.05, 0) is 42.7 Å². The van der Waals surface area contributed by atoms with Crippen molar-refractivity contribution in [3.63, 3.8) is 0 Å². The van der Waals surface area contributed by atoms with Gasteiger partial charge in [0.15, 0.2) is 5.69 Å². The van der Waals surface area contributed by atoms with Crippen LogP contribution in [0, 0.1) is 0 Å². The molecule has 144 valence electrons. The second kappa shape index (κ2) is 7.72. The number of benzene rings is 1. The number of ether oxygens (including phenoxy) is 1. The summed E-state index contributed by atoms with van der Waals surface area (Å²) < 4.78 is 6.84. The Hall–Kier alpha value is -3.35. The van der Waals surface area contributed by atoms with Crippen LogP contribution in [0.1, 0.15) is 39.5 Å². The van der Waals surface area contributed by atoms with E-state index in [1.54, 1.807) is 28.7 Å². The van der Waals surface area contributed by atoms with Gasteiger partial charge >= 0.3 is 0 Å². The predicted molar refractivity (Wildman–Crippen MR) is 104 cm³/mol. The van der Waals surface area contributed by atoms with Crippen molar-refractivity contribution in [2.45, 2.75) is 19.4 Å². The first kappa shape index (κ1) is 18.0. The normalized spacial score (nSPS) is 13.7. The number of rotatable bonds is 5. The van der Waals surface area contributed by atoms with Crippen molar-refractivity contribution in [3.8, 4) is 5.75 Å². The lowest BCUT2D eigenvalue weighted by molar-refractivity contribution is 0.0780. The highest BCUT2D eigenvalue weighted by Crippen LogP contribution is 2.18. The first-order valence-corrected chi connectivity index (χ1v) is 9.35. The second-order valence-electron chi connectivity index (χ2n) is 6.77. The van der Waals surface area contributed by atoms with Crippen molar-refractivity contribution in [2.75, 3.05) is 20.2 Å². The fraction of sp³-hybridized carbons (Fsp3) is 0.286. The summed E-state index contributed by atoms with van der Waals surface area (Å²) in [6.45, 7) is 1.84. The van der Waals surface area contributed by atoms with E-state index >= 15 is 0 Å². The number of hydrogen-bond acceptors (Lipinski definition) is 4. The third-order valence-corrected chi connectivity index (χ3v) is 4.96. The van der Waals surface area contributed by atoms with Crippen LogP contribution in [0.15, 0.2) is 48.7 Å². The molecule has 1 fully saturated rings. The van der Waals surface area contributed by atoms with E-state index in [1.807, 2.05) is 36.4 Å². The zero-order valence-electron chi connectivity index (χ0n) is 15.7. The maximum atomic E-state index is 12.8. The summed E-state index contributed by atoms with van der Waals surface area (Å²) >= 11 is 0. The highest BCUT2D eigenvalue weighted by molar-refractivity contribution is 6.02. The molecule has 0 radical (unpaired) electrons. The second-order valence-corrected chi connectivity index (χ2v) is 6.77. The monoisotopic (exact) mass is 378 g/mol. The number of nitrogens with one attached hydrogen (secondary N) is 1. The fourth-order valence-corrected chi connectivity index (χ4v) is 3.43. The van der Waals surface area contributed by atoms with Crippen molar-refractivity contribution in [1.29, 1.82) is 0 Å². The van der Waals surface area contributed by atoms with Crippen LogP contribution in [0.25, 0.3) is 5.52 Å². The van der Waals surface area contributed by atoms with E-state index in [9.17, 15) is 9.59 Å². The average molecular weight is 378 g/mol. The van der Waals surface area contributed by atoms with E-state index in [1.165, 1.54) is 0 Å². The third kappa shape index (κ3) is 3.43. The van der Waals surface area contributed by atoms with Gasteiger partial charge in [-0.1, -0.05) is 18.2 Å². The molecule has 0 saturated carbocycles. The number of carbonyl (C=O) groups is 2. The standard InChI is InChI=1S/C21H22N4O3/c1-28-16-9-7-15(8-10-16)14-22-20(26)18-17-6-2-3-13-25(17)19(23-18)21(27)24-11-4-5-12-24/h2-3,6-10,13H,4-5,11-12,14H2,1H3,(H,22,26). The van der Waals surface area contributed by atoms with Crippen molar-refractivity contribution in [1.82, 2.24) is 19.6 Å². The third-order valence-electron chi connectivity index (χ3n) is 4.96. The summed E-state index contributed by atoms with van der Waals surface area (Å²) in [4.78, 5) is 31.8. The summed E-state index contributed by atoms with van der Waals surface area (Å²) in [7, 11) is 1.61. The number of hydrogen-bond donors (Lipinski definition) is 1. The number of carbonyl (C=O) groups excluding carboxylic acids is 2. The summed E-state index contributed by atoms with van der Waals surface area (Å²) in [5, 5.41) is 2.89. The van der Waals surface area contributed by atoms with Crippen molar-refractivity contribution < 1.29 is 14.3 Å². The Morgan fingerprint density at radius 2 is 1.86 bits per heavy atom. The summed E-state index contributed by atoms with van der Waals surface area (Å²) in [6, 6.07) is 13.0. The van der Waals surface area contributed by atoms with E-state index in [2.05, 4.69) is 10.3 Å². The predicted octanol–water partition coefficient (Wildman–Crippen LogP) is 2.51. The minimum absolute atomic E-state index is 0.132. The fourth-order valence-electron chi connectivity index (χ4n) is 3.43. The van der Waals surface area contributed by atoms with Crippen LogP contribution in [0.4, 0.5) is 0 Å². The van der Waals surface area contributed by atoms with E-state index in [-0.39, 0.29) is 23.3 Å². The number of aromatic nitrogens is 2. The highest BCUT2D eigenvalue weighted by atomic mass is 16.5. The molecule has 1 N–H and O–H groups in total. The minimum atomic E-state index is -0.306. The quantitative estimate of drug-likeness (QED) is 0.740. The van der Waals surface area contributed by atoms with Gasteiger partial charge in [-0.3, -0.25) is 14.0 Å². The Morgan fingerprint density at radius 1 is 1.11 bits per heavy atom. The molecule has 2 aromatic heterocycles. The maximum Gasteiger partial charge on any atom is 0.290 e. The van der Waals surface area contributed by atoms with Crippen LogP contribution < -0.4 is 10.1 Å².